The molecule has 4 heteroatoms. The van der Waals surface area contributed by atoms with Crippen molar-refractivity contribution in [2.24, 2.45) is 0 Å². The van der Waals surface area contributed by atoms with Crippen LogP contribution in [-0.4, -0.2) is 23.1 Å². The molecular formula is C32H62O4. The van der Waals surface area contributed by atoms with Crippen LogP contribution in [0.1, 0.15) is 187 Å². The summed E-state index contributed by atoms with van der Waals surface area (Å²) in [5.41, 5.74) is 0. The number of carboxylic acid groups (broad SMARTS) is 1. The van der Waals surface area contributed by atoms with Gasteiger partial charge in [0.25, 0.3) is 0 Å². The summed E-state index contributed by atoms with van der Waals surface area (Å²) in [6.45, 7) is 4.47. The number of ether oxygens (including phenoxy) is 1. The first-order valence-corrected chi connectivity index (χ1v) is 16.0. The molecule has 0 amide bonds. The van der Waals surface area contributed by atoms with Crippen molar-refractivity contribution < 1.29 is 19.4 Å². The molecule has 0 aliphatic heterocycles. The molecule has 0 saturated heterocycles. The fourth-order valence-corrected chi connectivity index (χ4v) is 4.95. The molecule has 4 nitrogen and oxygen atoms in total. The molecule has 0 rings (SSSR count). The highest BCUT2D eigenvalue weighted by molar-refractivity contribution is 5.69. The van der Waals surface area contributed by atoms with Crippen LogP contribution in [0, 0.1) is 0 Å². The number of esters is 1. The van der Waals surface area contributed by atoms with Gasteiger partial charge in [-0.2, -0.15) is 0 Å². The van der Waals surface area contributed by atoms with Gasteiger partial charge in [0.15, 0.2) is 0 Å². The fourth-order valence-electron chi connectivity index (χ4n) is 4.95. The lowest BCUT2D eigenvalue weighted by Crippen LogP contribution is -2.18. The van der Waals surface area contributed by atoms with E-state index in [1.54, 1.807) is 0 Å². The molecule has 0 aromatic heterocycles. The van der Waals surface area contributed by atoms with Gasteiger partial charge in [-0.15, -0.1) is 0 Å². The van der Waals surface area contributed by atoms with Crippen molar-refractivity contribution in [3.05, 3.63) is 0 Å². The summed E-state index contributed by atoms with van der Waals surface area (Å²) in [7, 11) is 0. The molecule has 0 heterocycles. The average molecular weight is 511 g/mol. The molecule has 0 aromatic rings. The lowest BCUT2D eigenvalue weighted by Gasteiger charge is -2.18. The number of hydrogen-bond acceptors (Lipinski definition) is 3. The maximum Gasteiger partial charge on any atom is 0.306 e. The molecule has 1 atom stereocenters. The van der Waals surface area contributed by atoms with Crippen molar-refractivity contribution in [3.63, 3.8) is 0 Å². The Morgan fingerprint density at radius 2 is 0.833 bits per heavy atom. The van der Waals surface area contributed by atoms with Gasteiger partial charge in [-0.25, -0.2) is 0 Å². The van der Waals surface area contributed by atoms with E-state index in [0.29, 0.717) is 12.8 Å². The van der Waals surface area contributed by atoms with Crippen LogP contribution < -0.4 is 0 Å². The Labute approximate surface area is 224 Å². The summed E-state index contributed by atoms with van der Waals surface area (Å²) in [5.74, 6) is -0.766. The van der Waals surface area contributed by atoms with Gasteiger partial charge in [-0.05, 0) is 38.5 Å². The van der Waals surface area contributed by atoms with Crippen molar-refractivity contribution >= 4 is 11.9 Å². The third-order valence-corrected chi connectivity index (χ3v) is 7.33. The lowest BCUT2D eigenvalue weighted by atomic mass is 10.0. The zero-order valence-electron chi connectivity index (χ0n) is 24.3. The Morgan fingerprint density at radius 1 is 0.500 bits per heavy atom. The largest absolute Gasteiger partial charge is 0.481 e. The molecular weight excluding hydrogens is 448 g/mol. The van der Waals surface area contributed by atoms with Crippen LogP contribution in [0.4, 0.5) is 0 Å². The first kappa shape index (κ1) is 34.9. The van der Waals surface area contributed by atoms with Crippen LogP contribution >= 0.6 is 0 Å². The molecule has 1 N–H and O–H groups in total. The van der Waals surface area contributed by atoms with Gasteiger partial charge in [0.2, 0.25) is 0 Å². The maximum absolute atomic E-state index is 12.3. The Kier molecular flexibility index (Phi) is 27.7. The normalized spacial score (nSPS) is 12.1. The Balaban J connectivity index is 3.60. The zero-order chi connectivity index (χ0) is 26.5. The minimum Gasteiger partial charge on any atom is -0.481 e. The van der Waals surface area contributed by atoms with E-state index in [0.717, 1.165) is 44.9 Å². The van der Waals surface area contributed by atoms with Crippen molar-refractivity contribution in [2.45, 2.75) is 193 Å². The van der Waals surface area contributed by atoms with E-state index >= 15 is 0 Å². The standard InChI is InChI=1S/C32H62O4/c1-3-5-7-8-9-10-11-12-13-14-15-16-17-18-19-20-25-29-32(35)36-30(26-22-6-4-2)27-23-21-24-28-31(33)34/h30H,3-29H2,1-2H3,(H,33,34). The highest BCUT2D eigenvalue weighted by atomic mass is 16.5. The smallest absolute Gasteiger partial charge is 0.306 e. The first-order chi connectivity index (χ1) is 17.6. The molecule has 0 aromatic carbocycles. The second-order valence-corrected chi connectivity index (χ2v) is 11.0. The summed E-state index contributed by atoms with van der Waals surface area (Å²) in [5, 5.41) is 8.76. The van der Waals surface area contributed by atoms with Crippen LogP contribution in [0.15, 0.2) is 0 Å². The predicted molar refractivity (Wildman–Crippen MR) is 154 cm³/mol. The van der Waals surface area contributed by atoms with E-state index in [4.69, 9.17) is 9.84 Å². The van der Waals surface area contributed by atoms with Crippen LogP contribution in [-0.2, 0) is 14.3 Å². The van der Waals surface area contributed by atoms with Gasteiger partial charge < -0.3 is 9.84 Å². The second kappa shape index (κ2) is 28.5. The summed E-state index contributed by atoms with van der Waals surface area (Å²) >= 11 is 0. The van der Waals surface area contributed by atoms with Crippen molar-refractivity contribution in [1.82, 2.24) is 0 Å². The maximum atomic E-state index is 12.3. The number of unbranched alkanes of at least 4 members (excludes halogenated alkanes) is 20. The van der Waals surface area contributed by atoms with Crippen molar-refractivity contribution in [1.29, 1.82) is 0 Å². The van der Waals surface area contributed by atoms with Gasteiger partial charge in [-0.3, -0.25) is 9.59 Å². The van der Waals surface area contributed by atoms with Crippen molar-refractivity contribution in [2.75, 3.05) is 0 Å². The predicted octanol–water partition coefficient (Wildman–Crippen LogP) is 10.6. The van der Waals surface area contributed by atoms with Gasteiger partial charge in [-0.1, -0.05) is 136 Å². The summed E-state index contributed by atoms with van der Waals surface area (Å²) in [4.78, 5) is 23.0. The third-order valence-electron chi connectivity index (χ3n) is 7.33. The fraction of sp³-hybridized carbons (Fsp3) is 0.938. The van der Waals surface area contributed by atoms with Gasteiger partial charge >= 0.3 is 11.9 Å². The molecule has 0 aliphatic rings. The molecule has 36 heavy (non-hydrogen) atoms. The molecule has 0 aliphatic carbocycles. The number of hydrogen-bond donors (Lipinski definition) is 1. The Bertz CT molecular complexity index is 477. The first-order valence-electron chi connectivity index (χ1n) is 16.0. The molecule has 0 bridgehead atoms. The number of rotatable bonds is 29. The lowest BCUT2D eigenvalue weighted by molar-refractivity contribution is -0.150. The highest BCUT2D eigenvalue weighted by Gasteiger charge is 2.14. The number of carbonyl (C=O) groups is 2. The molecule has 1 unspecified atom stereocenters. The van der Waals surface area contributed by atoms with Gasteiger partial charge in [0.1, 0.15) is 6.10 Å². The van der Waals surface area contributed by atoms with Gasteiger partial charge in [0, 0.05) is 12.8 Å². The van der Waals surface area contributed by atoms with E-state index in [1.165, 1.54) is 109 Å². The highest BCUT2D eigenvalue weighted by Crippen LogP contribution is 2.17. The molecule has 0 radical (unpaired) electrons. The van der Waals surface area contributed by atoms with E-state index in [2.05, 4.69) is 13.8 Å². The molecule has 214 valence electrons. The number of carbonyl (C=O) groups excluding carboxylic acids is 1. The number of carboxylic acids is 1. The van der Waals surface area contributed by atoms with Crippen LogP contribution in [0.5, 0.6) is 0 Å². The molecule has 0 fully saturated rings. The minimum absolute atomic E-state index is 0.0136. The van der Waals surface area contributed by atoms with Crippen molar-refractivity contribution in [3.8, 4) is 0 Å². The minimum atomic E-state index is -0.727. The average Bonchev–Trinajstić information content (AvgIpc) is 2.85. The Morgan fingerprint density at radius 3 is 1.28 bits per heavy atom. The Hall–Kier alpha value is -1.06. The van der Waals surface area contributed by atoms with E-state index in [1.807, 2.05) is 0 Å². The number of aliphatic carboxylic acids is 1. The monoisotopic (exact) mass is 510 g/mol. The second-order valence-electron chi connectivity index (χ2n) is 11.0. The van der Waals surface area contributed by atoms with Crippen LogP contribution in [0.3, 0.4) is 0 Å². The van der Waals surface area contributed by atoms with E-state index in [-0.39, 0.29) is 18.5 Å². The quantitative estimate of drug-likeness (QED) is 0.0802. The molecule has 0 spiro atoms. The SMILES string of the molecule is CCCCCCCCCCCCCCCCCCCC(=O)OC(CCCCC)CCCCCC(=O)O. The van der Waals surface area contributed by atoms with Crippen LogP contribution in [0.2, 0.25) is 0 Å². The van der Waals surface area contributed by atoms with Crippen LogP contribution in [0.25, 0.3) is 0 Å². The van der Waals surface area contributed by atoms with E-state index in [9.17, 15) is 9.59 Å². The zero-order valence-corrected chi connectivity index (χ0v) is 24.3. The summed E-state index contributed by atoms with van der Waals surface area (Å²) in [6, 6.07) is 0. The topological polar surface area (TPSA) is 63.6 Å². The van der Waals surface area contributed by atoms with E-state index < -0.39 is 5.97 Å². The summed E-state index contributed by atoms with van der Waals surface area (Å²) in [6.07, 6.45) is 31.4. The molecule has 0 saturated carbocycles. The van der Waals surface area contributed by atoms with Gasteiger partial charge in [0.05, 0.1) is 0 Å². The summed E-state index contributed by atoms with van der Waals surface area (Å²) < 4.78 is 5.80. The third kappa shape index (κ3) is 27.5.